The fourth-order valence-corrected chi connectivity index (χ4v) is 5.50. The van der Waals surface area contributed by atoms with Crippen LogP contribution in [0.2, 0.25) is 0 Å². The van der Waals surface area contributed by atoms with Crippen LogP contribution in [0.3, 0.4) is 0 Å². The zero-order valence-corrected chi connectivity index (χ0v) is 30.5. The van der Waals surface area contributed by atoms with Gasteiger partial charge >= 0.3 is 5.97 Å². The maximum absolute atomic E-state index is 13.4. The number of hydrogen-bond donors (Lipinski definition) is 10. The lowest BCUT2D eigenvalue weighted by Gasteiger charge is -2.27. The second-order valence-electron chi connectivity index (χ2n) is 12.9. The van der Waals surface area contributed by atoms with Crippen molar-refractivity contribution in [3.8, 4) is 5.75 Å². The van der Waals surface area contributed by atoms with E-state index in [1.807, 2.05) is 0 Å². The fourth-order valence-electron chi connectivity index (χ4n) is 5.50. The van der Waals surface area contributed by atoms with E-state index in [2.05, 4.69) is 31.9 Å². The highest BCUT2D eigenvalue weighted by atomic mass is 16.4. The van der Waals surface area contributed by atoms with Crippen molar-refractivity contribution >= 4 is 53.2 Å². The number of carbonyl (C=O) groups is 9. The lowest BCUT2D eigenvalue weighted by Crippen LogP contribution is -2.57. The number of carboxylic acids is 1. The molecule has 0 aromatic heterocycles. The predicted octanol–water partition coefficient (Wildman–Crippen LogP) is -3.53. The maximum atomic E-state index is 13.4. The standard InChI is InChI=1S/C34H51N9O11/c1-4-18(2)29(33(52)39-19(3)30(49)37-16-26(46)40-22(34(53)54)11-12-25(36)45)42-27(47)17-38-31(50)23(14-20-7-9-21(44)10-8-20)41-32(51)24-6-5-13-43(24)28(48)15-35/h7-10,18-19,22-24,29,44H,4-6,11-17,35H2,1-3H3,(H2,36,45)(H,37,49)(H,38,50)(H,39,52)(H,40,46)(H,41,51)(H,42,47)(H,53,54)/t18-,19-,22-,23-,24-,29-/m0/s1. The number of nitrogens with two attached hydrogens (primary N) is 2. The Morgan fingerprint density at radius 2 is 1.46 bits per heavy atom. The number of likely N-dealkylation sites (tertiary alicyclic amines) is 1. The third kappa shape index (κ3) is 14.3. The number of carbonyl (C=O) groups excluding carboxylic acids is 8. The molecular formula is C34H51N9O11. The molecule has 1 saturated heterocycles. The van der Waals surface area contributed by atoms with Gasteiger partial charge in [0.05, 0.1) is 19.6 Å². The maximum Gasteiger partial charge on any atom is 0.326 e. The molecule has 0 spiro atoms. The molecule has 1 aliphatic heterocycles. The number of nitrogens with one attached hydrogen (secondary N) is 6. The normalized spacial score (nSPS) is 16.4. The Hall–Kier alpha value is -5.79. The molecule has 0 aliphatic carbocycles. The molecule has 298 valence electrons. The minimum atomic E-state index is -1.41. The lowest BCUT2D eigenvalue weighted by atomic mass is 9.98. The number of hydrogen-bond acceptors (Lipinski definition) is 11. The Bertz CT molecular complexity index is 1540. The minimum Gasteiger partial charge on any atom is -0.508 e. The summed E-state index contributed by atoms with van der Waals surface area (Å²) < 4.78 is 0. The van der Waals surface area contributed by atoms with Gasteiger partial charge in [-0.15, -0.1) is 0 Å². The van der Waals surface area contributed by atoms with Crippen LogP contribution >= 0.6 is 0 Å². The average Bonchev–Trinajstić information content (AvgIpc) is 3.63. The van der Waals surface area contributed by atoms with Gasteiger partial charge in [0.1, 0.15) is 36.0 Å². The van der Waals surface area contributed by atoms with Crippen LogP contribution in [0.5, 0.6) is 5.75 Å². The highest BCUT2D eigenvalue weighted by molar-refractivity contribution is 5.96. The molecule has 2 rings (SSSR count). The summed E-state index contributed by atoms with van der Waals surface area (Å²) in [4.78, 5) is 114. The van der Waals surface area contributed by atoms with Crippen LogP contribution < -0.4 is 43.4 Å². The summed E-state index contributed by atoms with van der Waals surface area (Å²) in [6, 6.07) is 0.153. The molecule has 1 aromatic rings. The first-order valence-corrected chi connectivity index (χ1v) is 17.5. The number of primary amides is 1. The van der Waals surface area contributed by atoms with Crippen molar-refractivity contribution in [2.45, 2.75) is 89.5 Å². The van der Waals surface area contributed by atoms with Gasteiger partial charge in [-0.1, -0.05) is 32.4 Å². The van der Waals surface area contributed by atoms with Crippen LogP contribution in [-0.2, 0) is 49.6 Å². The molecule has 1 heterocycles. The third-order valence-electron chi connectivity index (χ3n) is 8.78. The molecule has 0 bridgehead atoms. The molecule has 1 aromatic carbocycles. The molecule has 0 unspecified atom stereocenters. The summed E-state index contributed by atoms with van der Waals surface area (Å²) in [6.45, 7) is 3.60. The molecule has 20 heteroatoms. The third-order valence-corrected chi connectivity index (χ3v) is 8.78. The van der Waals surface area contributed by atoms with Crippen molar-refractivity contribution < 1.29 is 53.4 Å². The van der Waals surface area contributed by atoms with E-state index in [9.17, 15) is 53.4 Å². The molecular weight excluding hydrogens is 710 g/mol. The van der Waals surface area contributed by atoms with Crippen LogP contribution in [0, 0.1) is 5.92 Å². The summed E-state index contributed by atoms with van der Waals surface area (Å²) in [5, 5.41) is 33.5. The molecule has 12 N–H and O–H groups in total. The topological polar surface area (TPSA) is 322 Å². The van der Waals surface area contributed by atoms with Crippen molar-refractivity contribution in [3.63, 3.8) is 0 Å². The largest absolute Gasteiger partial charge is 0.508 e. The molecule has 6 atom stereocenters. The lowest BCUT2D eigenvalue weighted by molar-refractivity contribution is -0.142. The van der Waals surface area contributed by atoms with Gasteiger partial charge in [0.25, 0.3) is 0 Å². The smallest absolute Gasteiger partial charge is 0.326 e. The first kappa shape index (κ1) is 44.4. The minimum absolute atomic E-state index is 0.00877. The van der Waals surface area contributed by atoms with E-state index in [1.54, 1.807) is 26.0 Å². The van der Waals surface area contributed by atoms with Crippen LogP contribution in [0.15, 0.2) is 24.3 Å². The van der Waals surface area contributed by atoms with E-state index in [4.69, 9.17) is 11.5 Å². The number of aliphatic carboxylic acids is 1. The summed E-state index contributed by atoms with van der Waals surface area (Å²) in [5.74, 6) is -7.47. The number of benzene rings is 1. The van der Waals surface area contributed by atoms with E-state index in [1.165, 1.54) is 24.0 Å². The van der Waals surface area contributed by atoms with Crippen LogP contribution in [0.4, 0.5) is 0 Å². The summed E-state index contributed by atoms with van der Waals surface area (Å²) in [5.41, 5.74) is 11.1. The van der Waals surface area contributed by atoms with Crippen molar-refractivity contribution in [1.82, 2.24) is 36.8 Å². The predicted molar refractivity (Wildman–Crippen MR) is 191 cm³/mol. The molecule has 0 radical (unpaired) electrons. The SMILES string of the molecule is CC[C@H](C)[C@H](NC(=O)CNC(=O)[C@H](Cc1ccc(O)cc1)NC(=O)[C@@H]1CCCN1C(=O)CN)C(=O)N[C@@H](C)C(=O)NCC(=O)N[C@@H](CCC(N)=O)C(=O)O. The number of amides is 8. The van der Waals surface area contributed by atoms with E-state index in [0.29, 0.717) is 31.4 Å². The number of rotatable bonds is 21. The number of nitrogens with zero attached hydrogens (tertiary/aromatic N) is 1. The summed E-state index contributed by atoms with van der Waals surface area (Å²) in [7, 11) is 0. The Morgan fingerprint density at radius 1 is 0.852 bits per heavy atom. The molecule has 1 fully saturated rings. The highest BCUT2D eigenvalue weighted by Gasteiger charge is 2.36. The highest BCUT2D eigenvalue weighted by Crippen LogP contribution is 2.18. The van der Waals surface area contributed by atoms with Crippen molar-refractivity contribution in [1.29, 1.82) is 0 Å². The molecule has 8 amide bonds. The van der Waals surface area contributed by atoms with Crippen molar-refractivity contribution in [2.75, 3.05) is 26.2 Å². The van der Waals surface area contributed by atoms with Crippen molar-refractivity contribution in [3.05, 3.63) is 29.8 Å². The quantitative estimate of drug-likeness (QED) is 0.0583. The molecule has 0 saturated carbocycles. The van der Waals surface area contributed by atoms with Crippen LogP contribution in [0.25, 0.3) is 0 Å². The Labute approximate surface area is 311 Å². The van der Waals surface area contributed by atoms with Crippen LogP contribution in [0.1, 0.15) is 58.4 Å². The van der Waals surface area contributed by atoms with Gasteiger partial charge in [-0.3, -0.25) is 38.4 Å². The average molecular weight is 762 g/mol. The Morgan fingerprint density at radius 3 is 2.04 bits per heavy atom. The fraction of sp³-hybridized carbons (Fsp3) is 0.559. The number of aromatic hydroxyl groups is 1. The molecule has 20 nitrogen and oxygen atoms in total. The van der Waals surface area contributed by atoms with Gasteiger partial charge in [0.15, 0.2) is 0 Å². The van der Waals surface area contributed by atoms with Gasteiger partial charge in [-0.05, 0) is 49.8 Å². The van der Waals surface area contributed by atoms with Gasteiger partial charge in [0.2, 0.25) is 47.3 Å². The monoisotopic (exact) mass is 761 g/mol. The van der Waals surface area contributed by atoms with Gasteiger partial charge in [-0.2, -0.15) is 0 Å². The second kappa shape index (κ2) is 21.7. The molecule has 54 heavy (non-hydrogen) atoms. The number of phenolic OH excluding ortho intramolecular Hbond substituents is 1. The molecule has 1 aliphatic rings. The Kier molecular flexibility index (Phi) is 17.8. The van der Waals surface area contributed by atoms with Crippen LogP contribution in [-0.4, -0.2) is 125 Å². The Balaban J connectivity index is 2.02. The number of carboxylic acid groups (broad SMARTS) is 1. The summed E-state index contributed by atoms with van der Waals surface area (Å²) in [6.07, 6.45) is 0.809. The zero-order chi connectivity index (χ0) is 40.5. The van der Waals surface area contributed by atoms with Gasteiger partial charge in [-0.25, -0.2) is 4.79 Å². The zero-order valence-electron chi connectivity index (χ0n) is 30.5. The van der Waals surface area contributed by atoms with Crippen molar-refractivity contribution in [2.24, 2.45) is 17.4 Å². The second-order valence-corrected chi connectivity index (χ2v) is 12.9. The van der Waals surface area contributed by atoms with E-state index < -0.39 is 102 Å². The van der Waals surface area contributed by atoms with Gasteiger partial charge < -0.3 is 58.5 Å². The van der Waals surface area contributed by atoms with E-state index >= 15 is 0 Å². The summed E-state index contributed by atoms with van der Waals surface area (Å²) >= 11 is 0. The number of phenols is 1. The first-order valence-electron chi connectivity index (χ1n) is 17.5. The first-order chi connectivity index (χ1) is 25.5. The van der Waals surface area contributed by atoms with E-state index in [-0.39, 0.29) is 31.6 Å². The van der Waals surface area contributed by atoms with Gasteiger partial charge in [0, 0.05) is 19.4 Å². The van der Waals surface area contributed by atoms with E-state index in [0.717, 1.165) is 0 Å².